The maximum absolute atomic E-state index is 0. The van der Waals surface area contributed by atoms with Crippen molar-refractivity contribution < 1.29 is 113 Å². The van der Waals surface area contributed by atoms with Crippen LogP contribution in [-0.2, 0) is 20.1 Å². The Kier molecular flexibility index (Phi) is 98.8. The molecule has 0 amide bonds. The van der Waals surface area contributed by atoms with E-state index in [0.717, 1.165) is 0 Å². The first-order chi connectivity index (χ1) is 0. The van der Waals surface area contributed by atoms with Gasteiger partial charge in [0.25, 0.3) is 0 Å². The fraction of sp³-hybridized carbons (Fsp3) is 0. The number of hydrogen-bond acceptors (Lipinski definition) is 0. The molecule has 4 heavy (non-hydrogen) atoms. The number of rotatable bonds is 0. The van der Waals surface area contributed by atoms with E-state index in [1.807, 2.05) is 0 Å². The molecular weight excluding hydrogens is 906 g/mol. The smallest absolute Gasteiger partial charge is 0 e. The predicted octanol–water partition coefficient (Wildman–Crippen LogP) is -0.00250. The van der Waals surface area contributed by atoms with Gasteiger partial charge in [-0.15, -0.1) is 0 Å². The van der Waals surface area contributed by atoms with Gasteiger partial charge in [-0.1, -0.05) is 0 Å². The Morgan fingerprint density at radius 2 is 0.500 bits per heavy atom. The summed E-state index contributed by atoms with van der Waals surface area (Å²) in [4.78, 5) is 0. The first-order valence-electron chi connectivity index (χ1n) is 0. The van der Waals surface area contributed by atoms with E-state index in [-0.39, 0.29) is 113 Å². The maximum Gasteiger partial charge on any atom is 0 e. The molecule has 0 bridgehead atoms. The molecule has 0 unspecified atom stereocenters. The summed E-state index contributed by atoms with van der Waals surface area (Å²) in [5.41, 5.74) is 0. The molecular formula is IrU3. The van der Waals surface area contributed by atoms with Crippen molar-refractivity contribution in [2.24, 2.45) is 0 Å². The van der Waals surface area contributed by atoms with Crippen LogP contribution in [0.1, 0.15) is 0 Å². The van der Waals surface area contributed by atoms with Crippen LogP contribution >= 0.6 is 0 Å². The van der Waals surface area contributed by atoms with Crippen LogP contribution in [0.25, 0.3) is 0 Å². The Morgan fingerprint density at radius 3 is 0.500 bits per heavy atom. The zero-order valence-electron chi connectivity index (χ0n) is 1.83. The molecule has 0 rings (SSSR count). The maximum atomic E-state index is 0. The molecule has 0 atom stereocenters. The zero-order chi connectivity index (χ0) is 0. The summed E-state index contributed by atoms with van der Waals surface area (Å²) < 4.78 is 0. The van der Waals surface area contributed by atoms with E-state index in [2.05, 4.69) is 0 Å². The van der Waals surface area contributed by atoms with Crippen molar-refractivity contribution in [3.05, 3.63) is 0 Å². The Labute approximate surface area is 110 Å². The van der Waals surface area contributed by atoms with Gasteiger partial charge in [-0.25, -0.2) is 0 Å². The minimum absolute atomic E-state index is 0. The van der Waals surface area contributed by atoms with E-state index in [1.165, 1.54) is 0 Å². The monoisotopic (exact) mass is 907 g/mol. The SMILES string of the molecule is [Ir].[U].[U].[U]. The van der Waals surface area contributed by atoms with E-state index < -0.39 is 0 Å². The molecule has 21 valence electrons. The summed E-state index contributed by atoms with van der Waals surface area (Å²) in [7, 11) is 0. The second kappa shape index (κ2) is 15.8. The second-order valence-electron chi connectivity index (χ2n) is 0. The van der Waals surface area contributed by atoms with Crippen molar-refractivity contribution in [1.82, 2.24) is 0 Å². The van der Waals surface area contributed by atoms with Gasteiger partial charge in [-0.2, -0.15) is 0 Å². The molecule has 0 saturated heterocycles. The third kappa shape index (κ3) is 9.26. The van der Waals surface area contributed by atoms with Gasteiger partial charge >= 0.3 is 0 Å². The minimum Gasteiger partial charge on any atom is 0 e. The Hall–Kier alpha value is 3.81. The molecule has 0 aliphatic carbocycles. The summed E-state index contributed by atoms with van der Waals surface area (Å²) in [5.74, 6) is 0. The van der Waals surface area contributed by atoms with Crippen LogP contribution in [0.5, 0.6) is 0 Å². The third-order valence-corrected chi connectivity index (χ3v) is 0. The average molecular weight is 906 g/mol. The second-order valence-corrected chi connectivity index (χ2v) is 0. The standard InChI is InChI=1S/Ir.3U. The van der Waals surface area contributed by atoms with Crippen molar-refractivity contribution in [3.63, 3.8) is 0 Å². The molecule has 0 spiro atoms. The molecule has 0 aromatic heterocycles. The van der Waals surface area contributed by atoms with E-state index >= 15 is 0 Å². The minimum atomic E-state index is 0. The summed E-state index contributed by atoms with van der Waals surface area (Å²) in [6.07, 6.45) is 0. The zero-order valence-corrected chi connectivity index (χ0v) is 16.7. The Bertz CT molecular complexity index is 3.25. The molecule has 0 saturated carbocycles. The van der Waals surface area contributed by atoms with Gasteiger partial charge in [0.05, 0.1) is 0 Å². The molecule has 0 fully saturated rings. The van der Waals surface area contributed by atoms with Crippen molar-refractivity contribution in [3.8, 4) is 0 Å². The number of hydrogen-bond donors (Lipinski definition) is 0. The van der Waals surface area contributed by atoms with Gasteiger partial charge in [0.2, 0.25) is 0 Å². The van der Waals surface area contributed by atoms with Gasteiger partial charge in [-0.05, 0) is 0 Å². The fourth-order valence-electron chi connectivity index (χ4n) is 0. The van der Waals surface area contributed by atoms with Crippen LogP contribution < -0.4 is 0 Å². The van der Waals surface area contributed by atoms with Crippen molar-refractivity contribution in [2.75, 3.05) is 0 Å². The molecule has 0 aliphatic rings. The molecule has 0 aromatic rings. The first-order valence-corrected chi connectivity index (χ1v) is 0. The third-order valence-electron chi connectivity index (χ3n) is 0. The topological polar surface area (TPSA) is 0 Å². The van der Waals surface area contributed by atoms with E-state index in [4.69, 9.17) is 0 Å². The van der Waals surface area contributed by atoms with E-state index in [1.54, 1.807) is 0 Å². The Balaban J connectivity index is 0. The largest absolute Gasteiger partial charge is 0 e. The summed E-state index contributed by atoms with van der Waals surface area (Å²) in [6.45, 7) is 0. The van der Waals surface area contributed by atoms with Gasteiger partial charge in [0, 0.05) is 113 Å². The summed E-state index contributed by atoms with van der Waals surface area (Å²) >= 11 is 0. The Morgan fingerprint density at radius 1 is 0.500 bits per heavy atom. The van der Waals surface area contributed by atoms with Crippen LogP contribution in [0.4, 0.5) is 0 Å². The van der Waals surface area contributed by atoms with Gasteiger partial charge in [0.15, 0.2) is 0 Å². The van der Waals surface area contributed by atoms with Crippen molar-refractivity contribution >= 4 is 0 Å². The quantitative estimate of drug-likeness (QED) is 0.322. The molecule has 4 heteroatoms. The molecule has 1 radical (unpaired) electrons. The van der Waals surface area contributed by atoms with Gasteiger partial charge in [-0.3, -0.25) is 0 Å². The summed E-state index contributed by atoms with van der Waals surface area (Å²) in [6, 6.07) is 0. The van der Waals surface area contributed by atoms with Crippen LogP contribution in [0, 0.1) is 93.3 Å². The van der Waals surface area contributed by atoms with Crippen LogP contribution in [-0.4, -0.2) is 0 Å². The first kappa shape index (κ1) is 25.0. The molecule has 0 aromatic carbocycles. The van der Waals surface area contributed by atoms with Crippen molar-refractivity contribution in [1.29, 1.82) is 0 Å². The summed E-state index contributed by atoms with van der Waals surface area (Å²) in [5, 5.41) is 0. The van der Waals surface area contributed by atoms with Crippen LogP contribution in [0.15, 0.2) is 0 Å². The molecule has 0 heterocycles. The normalized spacial score (nSPS) is 0. The van der Waals surface area contributed by atoms with E-state index in [0.29, 0.717) is 0 Å². The fourth-order valence-corrected chi connectivity index (χ4v) is 0. The van der Waals surface area contributed by atoms with Gasteiger partial charge in [0.1, 0.15) is 0 Å². The molecule has 0 aliphatic heterocycles. The van der Waals surface area contributed by atoms with Crippen LogP contribution in [0.3, 0.4) is 0 Å². The average Bonchev–Trinajstić information content (AvgIpc) is 0. The van der Waals surface area contributed by atoms with Crippen LogP contribution in [0.2, 0.25) is 0 Å². The van der Waals surface area contributed by atoms with Crippen molar-refractivity contribution in [2.45, 2.75) is 0 Å². The van der Waals surface area contributed by atoms with E-state index in [9.17, 15) is 0 Å². The van der Waals surface area contributed by atoms with Gasteiger partial charge < -0.3 is 0 Å². The molecule has 0 N–H and O–H groups in total. The molecule has 0 nitrogen and oxygen atoms in total. The predicted molar refractivity (Wildman–Crippen MR) is 0 cm³/mol.